The third-order valence-corrected chi connectivity index (χ3v) is 6.90. The number of benzene rings is 1. The largest absolute Gasteiger partial charge is 0.444 e. The van der Waals surface area contributed by atoms with Crippen LogP contribution >= 0.6 is 11.6 Å². The lowest BCUT2D eigenvalue weighted by atomic mass is 10.0. The van der Waals surface area contributed by atoms with Gasteiger partial charge in [-0.25, -0.2) is 14.8 Å². The molecule has 0 unspecified atom stereocenters. The Morgan fingerprint density at radius 2 is 1.82 bits per heavy atom. The van der Waals surface area contributed by atoms with E-state index in [1.807, 2.05) is 31.7 Å². The van der Waals surface area contributed by atoms with Gasteiger partial charge in [-0.2, -0.15) is 0 Å². The van der Waals surface area contributed by atoms with E-state index in [0.29, 0.717) is 5.28 Å². The van der Waals surface area contributed by atoms with Crippen LogP contribution in [0.1, 0.15) is 50.4 Å². The van der Waals surface area contributed by atoms with Crippen LogP contribution in [0.5, 0.6) is 0 Å². The second-order valence-electron chi connectivity index (χ2n) is 10.4. The van der Waals surface area contributed by atoms with Crippen LogP contribution in [0, 0.1) is 0 Å². The van der Waals surface area contributed by atoms with Crippen LogP contribution in [0.25, 0.3) is 0 Å². The maximum atomic E-state index is 12.8. The Morgan fingerprint density at radius 1 is 1.12 bits per heavy atom. The number of ether oxygens (including phenoxy) is 1. The first-order valence-electron chi connectivity index (χ1n) is 11.8. The van der Waals surface area contributed by atoms with Gasteiger partial charge in [0, 0.05) is 38.3 Å². The van der Waals surface area contributed by atoms with Gasteiger partial charge in [0.2, 0.25) is 5.28 Å². The topological polar surface area (TPSA) is 61.8 Å². The van der Waals surface area contributed by atoms with E-state index in [1.165, 1.54) is 11.1 Å². The van der Waals surface area contributed by atoms with E-state index in [1.54, 1.807) is 0 Å². The van der Waals surface area contributed by atoms with Crippen molar-refractivity contribution in [2.45, 2.75) is 70.8 Å². The van der Waals surface area contributed by atoms with Crippen LogP contribution in [-0.4, -0.2) is 63.2 Å². The number of fused-ring (bicyclic) bond motifs is 3. The van der Waals surface area contributed by atoms with Gasteiger partial charge in [-0.3, -0.25) is 9.80 Å². The Hall–Kier alpha value is -2.38. The molecule has 0 N–H and O–H groups in total. The zero-order valence-corrected chi connectivity index (χ0v) is 20.4. The molecule has 3 aliphatic heterocycles. The standard InChI is InChI=1S/C25H32ClN5O2/c1-25(2,3)33-24(32)31-18-9-10-19(31)15-30(14-18)22-20-11-12-29(13-17-7-5-4-6-8-17)16-21(20)27-23(26)28-22/h4-8,18-19H,9-16H2,1-3H3/t18-,19+. The Morgan fingerprint density at radius 3 is 2.48 bits per heavy atom. The highest BCUT2D eigenvalue weighted by Gasteiger charge is 2.45. The summed E-state index contributed by atoms with van der Waals surface area (Å²) in [5, 5.41) is 0.298. The molecule has 0 aliphatic carbocycles. The number of amides is 1. The molecule has 1 amide bonds. The fourth-order valence-corrected chi connectivity index (χ4v) is 5.54. The highest BCUT2D eigenvalue weighted by atomic mass is 35.5. The molecule has 1 aromatic carbocycles. The van der Waals surface area contributed by atoms with E-state index in [4.69, 9.17) is 16.3 Å². The van der Waals surface area contributed by atoms with Gasteiger partial charge in [0.05, 0.1) is 17.8 Å². The molecule has 0 spiro atoms. The van der Waals surface area contributed by atoms with Crippen molar-refractivity contribution in [3.8, 4) is 0 Å². The number of piperazine rings is 1. The van der Waals surface area contributed by atoms with Crippen LogP contribution in [0.4, 0.5) is 10.6 Å². The van der Waals surface area contributed by atoms with Crippen molar-refractivity contribution in [1.29, 1.82) is 0 Å². The van der Waals surface area contributed by atoms with E-state index in [2.05, 4.69) is 44.0 Å². The first-order valence-corrected chi connectivity index (χ1v) is 12.2. The van der Waals surface area contributed by atoms with E-state index in [0.717, 1.165) is 63.5 Å². The molecule has 0 radical (unpaired) electrons. The molecule has 5 rings (SSSR count). The normalized spacial score (nSPS) is 22.9. The molecule has 3 aliphatic rings. The van der Waals surface area contributed by atoms with Gasteiger partial charge in [-0.15, -0.1) is 0 Å². The number of carbonyl (C=O) groups excluding carboxylic acids is 1. The van der Waals surface area contributed by atoms with Gasteiger partial charge in [0.25, 0.3) is 0 Å². The number of nitrogens with zero attached hydrogens (tertiary/aromatic N) is 5. The molecule has 8 heteroatoms. The van der Waals surface area contributed by atoms with Gasteiger partial charge in [-0.1, -0.05) is 30.3 Å². The summed E-state index contributed by atoms with van der Waals surface area (Å²) < 4.78 is 5.69. The summed E-state index contributed by atoms with van der Waals surface area (Å²) in [6, 6.07) is 10.8. The number of anilines is 1. The smallest absolute Gasteiger partial charge is 0.410 e. The molecular formula is C25H32ClN5O2. The Labute approximate surface area is 200 Å². The predicted octanol–water partition coefficient (Wildman–Crippen LogP) is 4.28. The van der Waals surface area contributed by atoms with Crippen LogP contribution in [0.3, 0.4) is 0 Å². The number of rotatable bonds is 3. The van der Waals surface area contributed by atoms with E-state index in [-0.39, 0.29) is 18.2 Å². The lowest BCUT2D eigenvalue weighted by molar-refractivity contribution is 0.0122. The molecular weight excluding hydrogens is 438 g/mol. The van der Waals surface area contributed by atoms with Crippen molar-refractivity contribution >= 4 is 23.5 Å². The molecule has 33 heavy (non-hydrogen) atoms. The minimum Gasteiger partial charge on any atom is -0.444 e. The summed E-state index contributed by atoms with van der Waals surface area (Å²) in [4.78, 5) is 28.8. The Bertz CT molecular complexity index is 1010. The highest BCUT2D eigenvalue weighted by Crippen LogP contribution is 2.36. The van der Waals surface area contributed by atoms with Crippen molar-refractivity contribution in [3.05, 3.63) is 52.4 Å². The van der Waals surface area contributed by atoms with Gasteiger partial charge in [-0.05, 0) is 57.2 Å². The predicted molar refractivity (Wildman–Crippen MR) is 128 cm³/mol. The van der Waals surface area contributed by atoms with E-state index < -0.39 is 5.60 Å². The molecule has 2 aromatic rings. The summed E-state index contributed by atoms with van der Waals surface area (Å²) in [5.41, 5.74) is 3.04. The van der Waals surface area contributed by atoms with Crippen molar-refractivity contribution in [2.24, 2.45) is 0 Å². The monoisotopic (exact) mass is 469 g/mol. The van der Waals surface area contributed by atoms with Gasteiger partial charge >= 0.3 is 6.09 Å². The van der Waals surface area contributed by atoms with E-state index in [9.17, 15) is 4.79 Å². The average Bonchev–Trinajstić information content (AvgIpc) is 3.02. The SMILES string of the molecule is CC(C)(C)OC(=O)N1[C@@H]2CC[C@H]1CN(c1nc(Cl)nc3c1CCN(Cc1ccccc1)C3)C2. The molecule has 7 nitrogen and oxygen atoms in total. The summed E-state index contributed by atoms with van der Waals surface area (Å²) in [6.07, 6.45) is 2.68. The first-order chi connectivity index (χ1) is 15.8. The summed E-state index contributed by atoms with van der Waals surface area (Å²) in [5.74, 6) is 0.949. The van der Waals surface area contributed by atoms with Crippen molar-refractivity contribution in [2.75, 3.05) is 24.5 Å². The van der Waals surface area contributed by atoms with Crippen LogP contribution in [0.2, 0.25) is 5.28 Å². The zero-order chi connectivity index (χ0) is 23.2. The third kappa shape index (κ3) is 4.80. The lowest BCUT2D eigenvalue weighted by Crippen LogP contribution is -2.57. The van der Waals surface area contributed by atoms with Gasteiger partial charge in [0.15, 0.2) is 0 Å². The summed E-state index contributed by atoms with van der Waals surface area (Å²) in [6.45, 7) is 9.88. The third-order valence-electron chi connectivity index (χ3n) is 6.73. The fraction of sp³-hybridized carbons (Fsp3) is 0.560. The Balaban J connectivity index is 1.33. The van der Waals surface area contributed by atoms with Crippen LogP contribution in [-0.2, 0) is 24.2 Å². The van der Waals surface area contributed by atoms with Crippen molar-refractivity contribution < 1.29 is 9.53 Å². The number of hydrogen-bond acceptors (Lipinski definition) is 6. The second kappa shape index (κ2) is 8.76. The molecule has 176 valence electrons. The minimum atomic E-state index is -0.488. The molecule has 2 bridgehead atoms. The quantitative estimate of drug-likeness (QED) is 0.625. The number of aromatic nitrogens is 2. The highest BCUT2D eigenvalue weighted by molar-refractivity contribution is 6.28. The van der Waals surface area contributed by atoms with Crippen molar-refractivity contribution in [1.82, 2.24) is 19.8 Å². The number of halogens is 1. The number of carbonyl (C=O) groups is 1. The molecule has 0 saturated carbocycles. The summed E-state index contributed by atoms with van der Waals surface area (Å²) >= 11 is 6.40. The zero-order valence-electron chi connectivity index (χ0n) is 19.6. The molecule has 4 heterocycles. The molecule has 2 fully saturated rings. The molecule has 1 aromatic heterocycles. The van der Waals surface area contributed by atoms with Crippen LogP contribution < -0.4 is 4.90 Å². The minimum absolute atomic E-state index is 0.140. The van der Waals surface area contributed by atoms with Crippen molar-refractivity contribution in [3.63, 3.8) is 0 Å². The van der Waals surface area contributed by atoms with Gasteiger partial charge in [0.1, 0.15) is 11.4 Å². The van der Waals surface area contributed by atoms with Crippen LogP contribution in [0.15, 0.2) is 30.3 Å². The fourth-order valence-electron chi connectivity index (χ4n) is 5.36. The Kier molecular flexibility index (Phi) is 5.95. The average molecular weight is 470 g/mol. The molecule has 2 atom stereocenters. The second-order valence-corrected chi connectivity index (χ2v) is 10.7. The number of hydrogen-bond donors (Lipinski definition) is 0. The lowest BCUT2D eigenvalue weighted by Gasteiger charge is -2.42. The summed E-state index contributed by atoms with van der Waals surface area (Å²) in [7, 11) is 0. The van der Waals surface area contributed by atoms with Gasteiger partial charge < -0.3 is 9.64 Å². The maximum Gasteiger partial charge on any atom is 0.410 e. The first kappa shape index (κ1) is 22.4. The van der Waals surface area contributed by atoms with E-state index >= 15 is 0 Å². The maximum absolute atomic E-state index is 12.8. The molecule has 2 saturated heterocycles.